The zero-order chi connectivity index (χ0) is 12.3. The molecule has 1 unspecified atom stereocenters. The Morgan fingerprint density at radius 3 is 3.00 bits per heavy atom. The van der Waals surface area contributed by atoms with E-state index in [2.05, 4.69) is 9.98 Å². The third kappa shape index (κ3) is 2.61. The summed E-state index contributed by atoms with van der Waals surface area (Å²) in [5.74, 6) is 0.232. The van der Waals surface area contributed by atoms with Gasteiger partial charge in [0.2, 0.25) is 0 Å². The summed E-state index contributed by atoms with van der Waals surface area (Å²) in [6.07, 6.45) is 6.50. The van der Waals surface area contributed by atoms with Crippen molar-refractivity contribution >= 4 is 18.0 Å². The first-order valence-corrected chi connectivity index (χ1v) is 5.47. The quantitative estimate of drug-likeness (QED) is 0.802. The number of carboxylic acid groups (broad SMARTS) is 1. The number of hydrogen-bond acceptors (Lipinski definition) is 4. The molecule has 0 saturated carbocycles. The molecule has 0 radical (unpaired) electrons. The van der Waals surface area contributed by atoms with E-state index >= 15 is 0 Å². The Bertz CT molecular complexity index is 447. The molecule has 90 valence electrons. The Balaban J connectivity index is 2.23. The highest BCUT2D eigenvalue weighted by Gasteiger charge is 2.24. The Labute approximate surface area is 99.2 Å². The topological polar surface area (TPSA) is 71.2 Å². The van der Waals surface area contributed by atoms with Crippen LogP contribution in [0.5, 0.6) is 0 Å². The largest absolute Gasteiger partial charge is 0.497 e. The molecule has 1 atom stereocenters. The monoisotopic (exact) mass is 234 g/mol. The summed E-state index contributed by atoms with van der Waals surface area (Å²) in [5.41, 5.74) is 0.331. The molecular weight excluding hydrogens is 220 g/mol. The van der Waals surface area contributed by atoms with Gasteiger partial charge in [-0.25, -0.2) is 9.79 Å². The van der Waals surface area contributed by atoms with Crippen LogP contribution in [0.15, 0.2) is 33.5 Å². The summed E-state index contributed by atoms with van der Waals surface area (Å²) in [6.45, 7) is 0.720. The number of amidine groups is 1. The fourth-order valence-electron chi connectivity index (χ4n) is 1.86. The minimum atomic E-state index is -0.918. The molecule has 1 N–H and O–H groups in total. The number of hydrogen-bond donors (Lipinski definition) is 1. The lowest BCUT2D eigenvalue weighted by Crippen LogP contribution is -2.20. The van der Waals surface area contributed by atoms with Gasteiger partial charge in [0.1, 0.15) is 11.6 Å². The van der Waals surface area contributed by atoms with Gasteiger partial charge in [-0.2, -0.15) is 0 Å². The van der Waals surface area contributed by atoms with Gasteiger partial charge in [0, 0.05) is 30.7 Å². The summed E-state index contributed by atoms with van der Waals surface area (Å²) in [6, 6.07) is 0. The minimum Gasteiger partial charge on any atom is -0.497 e. The predicted octanol–water partition coefficient (Wildman–Crippen LogP) is 1.42. The summed E-state index contributed by atoms with van der Waals surface area (Å²) >= 11 is 0. The molecule has 0 bridgehead atoms. The number of carboxylic acids is 1. The molecule has 0 aromatic rings. The van der Waals surface area contributed by atoms with Gasteiger partial charge >= 0.3 is 5.97 Å². The fourth-order valence-corrected chi connectivity index (χ4v) is 1.86. The van der Waals surface area contributed by atoms with E-state index in [1.807, 2.05) is 12.3 Å². The third-order valence-electron chi connectivity index (χ3n) is 2.72. The minimum absolute atomic E-state index is 0.0994. The zero-order valence-corrected chi connectivity index (χ0v) is 9.59. The maximum Gasteiger partial charge on any atom is 0.331 e. The van der Waals surface area contributed by atoms with Gasteiger partial charge in [-0.05, 0) is 18.6 Å². The van der Waals surface area contributed by atoms with Crippen LogP contribution in [0.2, 0.25) is 0 Å². The van der Waals surface area contributed by atoms with E-state index in [0.717, 1.165) is 13.0 Å². The van der Waals surface area contributed by atoms with Crippen molar-refractivity contribution in [1.82, 2.24) is 0 Å². The predicted molar refractivity (Wildman–Crippen MR) is 64.3 cm³/mol. The van der Waals surface area contributed by atoms with Crippen molar-refractivity contribution in [3.8, 4) is 0 Å². The van der Waals surface area contributed by atoms with Gasteiger partial charge in [-0.3, -0.25) is 4.99 Å². The molecule has 1 aliphatic carbocycles. The number of ether oxygens (including phenoxy) is 1. The zero-order valence-electron chi connectivity index (χ0n) is 9.59. The smallest absolute Gasteiger partial charge is 0.331 e. The van der Waals surface area contributed by atoms with Gasteiger partial charge in [0.25, 0.3) is 0 Å². The lowest BCUT2D eigenvalue weighted by molar-refractivity contribution is -0.132. The Morgan fingerprint density at radius 2 is 2.41 bits per heavy atom. The first kappa shape index (κ1) is 11.6. The van der Waals surface area contributed by atoms with Gasteiger partial charge in [-0.15, -0.1) is 0 Å². The molecule has 0 amide bonds. The van der Waals surface area contributed by atoms with Crippen molar-refractivity contribution in [3.63, 3.8) is 0 Å². The molecule has 1 aliphatic heterocycles. The second-order valence-corrected chi connectivity index (χ2v) is 3.90. The van der Waals surface area contributed by atoms with Gasteiger partial charge in [0.05, 0.1) is 7.11 Å². The first-order valence-electron chi connectivity index (χ1n) is 5.47. The molecule has 5 heteroatoms. The van der Waals surface area contributed by atoms with Crippen LogP contribution in [0.4, 0.5) is 0 Å². The van der Waals surface area contributed by atoms with E-state index in [0.29, 0.717) is 23.6 Å². The van der Waals surface area contributed by atoms with E-state index in [-0.39, 0.29) is 5.92 Å². The van der Waals surface area contributed by atoms with Crippen molar-refractivity contribution in [1.29, 1.82) is 0 Å². The summed E-state index contributed by atoms with van der Waals surface area (Å²) in [5, 5.41) is 9.04. The summed E-state index contributed by atoms with van der Waals surface area (Å²) < 4.78 is 5.11. The molecule has 0 aromatic heterocycles. The lowest BCUT2D eigenvalue weighted by Gasteiger charge is -2.20. The molecule has 5 nitrogen and oxygen atoms in total. The number of methoxy groups -OCH3 is 1. The lowest BCUT2D eigenvalue weighted by atomic mass is 9.92. The van der Waals surface area contributed by atoms with Crippen molar-refractivity contribution < 1.29 is 14.6 Å². The summed E-state index contributed by atoms with van der Waals surface area (Å²) in [4.78, 5) is 19.5. The van der Waals surface area contributed by atoms with Crippen LogP contribution in [0, 0.1) is 5.92 Å². The molecule has 2 aliphatic rings. The highest BCUT2D eigenvalue weighted by atomic mass is 16.5. The van der Waals surface area contributed by atoms with Crippen molar-refractivity contribution in [3.05, 3.63) is 23.5 Å². The highest BCUT2D eigenvalue weighted by molar-refractivity contribution is 5.96. The number of aliphatic imine (C=N–C) groups is 2. The average molecular weight is 234 g/mol. The van der Waals surface area contributed by atoms with E-state index in [1.54, 1.807) is 6.08 Å². The Morgan fingerprint density at radius 1 is 1.59 bits per heavy atom. The number of nitrogens with zero attached hydrogens (tertiary/aromatic N) is 2. The first-order chi connectivity index (χ1) is 8.20. The van der Waals surface area contributed by atoms with Crippen LogP contribution in [-0.4, -0.2) is 36.8 Å². The molecule has 1 heterocycles. The van der Waals surface area contributed by atoms with Crippen LogP contribution in [0.3, 0.4) is 0 Å². The Hall–Kier alpha value is -1.91. The standard InChI is InChI=1S/C12H14N2O3/c1-17-10-6-8(5-9(7-10)12(15)16)11-13-3-2-4-14-11/h3,6-8H,2,4-5H2,1H3,(H,15,16). The second-order valence-electron chi connectivity index (χ2n) is 3.90. The number of carbonyl (C=O) groups is 1. The highest BCUT2D eigenvalue weighted by Crippen LogP contribution is 2.25. The molecule has 0 fully saturated rings. The van der Waals surface area contributed by atoms with Crippen LogP contribution in [0.25, 0.3) is 0 Å². The summed E-state index contributed by atoms with van der Waals surface area (Å²) in [7, 11) is 1.52. The third-order valence-corrected chi connectivity index (χ3v) is 2.72. The van der Waals surface area contributed by atoms with E-state index in [4.69, 9.17) is 9.84 Å². The number of rotatable bonds is 3. The number of aliphatic carboxylic acids is 1. The van der Waals surface area contributed by atoms with Gasteiger partial charge in [0.15, 0.2) is 0 Å². The van der Waals surface area contributed by atoms with Crippen molar-refractivity contribution in [2.45, 2.75) is 12.8 Å². The molecule has 0 saturated heterocycles. The molecular formula is C12H14N2O3. The van der Waals surface area contributed by atoms with Crippen LogP contribution >= 0.6 is 0 Å². The second kappa shape index (κ2) is 4.95. The van der Waals surface area contributed by atoms with Gasteiger partial charge < -0.3 is 9.84 Å². The molecule has 0 aromatic carbocycles. The van der Waals surface area contributed by atoms with Gasteiger partial charge in [-0.1, -0.05) is 0 Å². The van der Waals surface area contributed by atoms with Crippen molar-refractivity contribution in [2.24, 2.45) is 15.9 Å². The molecule has 0 spiro atoms. The van der Waals surface area contributed by atoms with Crippen LogP contribution < -0.4 is 0 Å². The number of allylic oxidation sites excluding steroid dienone is 1. The SMILES string of the molecule is COC1=CC(C2=NCCC=N2)CC(C(=O)O)=C1. The molecule has 17 heavy (non-hydrogen) atoms. The molecule has 2 rings (SSSR count). The van der Waals surface area contributed by atoms with Crippen LogP contribution in [-0.2, 0) is 9.53 Å². The van der Waals surface area contributed by atoms with E-state index < -0.39 is 5.97 Å². The fraction of sp³-hybridized carbons (Fsp3) is 0.417. The Kier molecular flexibility index (Phi) is 3.37. The van der Waals surface area contributed by atoms with E-state index in [1.165, 1.54) is 7.11 Å². The maximum atomic E-state index is 11.0. The average Bonchev–Trinajstić information content (AvgIpc) is 2.39. The van der Waals surface area contributed by atoms with E-state index in [9.17, 15) is 4.79 Å². The van der Waals surface area contributed by atoms with Crippen molar-refractivity contribution in [2.75, 3.05) is 13.7 Å². The van der Waals surface area contributed by atoms with Crippen LogP contribution in [0.1, 0.15) is 12.8 Å². The normalized spacial score (nSPS) is 23.6. The maximum absolute atomic E-state index is 11.0.